The number of urea groups is 1. The molecule has 0 aromatic heterocycles. The highest BCUT2D eigenvalue weighted by Gasteiger charge is 2.29. The smallest absolute Gasteiger partial charge is 0.315 e. The normalized spacial score (nSPS) is 23.7. The predicted octanol–water partition coefficient (Wildman–Crippen LogP) is 2.75. The molecule has 3 atom stereocenters. The van der Waals surface area contributed by atoms with Crippen LogP contribution < -0.4 is 10.6 Å². The average Bonchev–Trinajstić information content (AvgIpc) is 2.58. The van der Waals surface area contributed by atoms with Crippen LogP contribution in [-0.4, -0.2) is 47.3 Å². The molecule has 25 heavy (non-hydrogen) atoms. The van der Waals surface area contributed by atoms with E-state index in [1.54, 1.807) is 0 Å². The fourth-order valence-corrected chi connectivity index (χ4v) is 3.48. The molecular formula is C20H33N3O2. The highest BCUT2D eigenvalue weighted by atomic mass is 16.3. The first-order valence-electron chi connectivity index (χ1n) is 9.41. The van der Waals surface area contributed by atoms with Crippen LogP contribution in [0.25, 0.3) is 0 Å². The number of benzene rings is 1. The summed E-state index contributed by atoms with van der Waals surface area (Å²) in [5.41, 5.74) is 0.984. The molecule has 0 spiro atoms. The number of carbonyl (C=O) groups excluding carboxylic acids is 1. The Hall–Kier alpha value is -1.59. The highest BCUT2D eigenvalue weighted by molar-refractivity contribution is 5.75. The molecule has 0 saturated carbocycles. The molecule has 3 N–H and O–H groups in total. The van der Waals surface area contributed by atoms with Gasteiger partial charge in [-0.25, -0.2) is 4.79 Å². The van der Waals surface area contributed by atoms with Crippen molar-refractivity contribution in [2.24, 2.45) is 5.92 Å². The maximum absolute atomic E-state index is 12.4. The molecule has 0 bridgehead atoms. The van der Waals surface area contributed by atoms with E-state index in [2.05, 4.69) is 46.7 Å². The lowest BCUT2D eigenvalue weighted by Crippen LogP contribution is -2.56. The summed E-state index contributed by atoms with van der Waals surface area (Å²) in [7, 11) is 0. The zero-order chi connectivity index (χ0) is 18.3. The van der Waals surface area contributed by atoms with Crippen molar-refractivity contribution in [3.63, 3.8) is 0 Å². The Balaban J connectivity index is 1.81. The maximum atomic E-state index is 12.4. The lowest BCUT2D eigenvalue weighted by Gasteiger charge is -2.38. The number of amides is 2. The number of aliphatic hydroxyl groups excluding tert-OH is 1. The predicted molar refractivity (Wildman–Crippen MR) is 101 cm³/mol. The van der Waals surface area contributed by atoms with Gasteiger partial charge in [0.05, 0.1) is 0 Å². The molecular weight excluding hydrogens is 314 g/mol. The minimum Gasteiger partial charge on any atom is -0.396 e. The van der Waals surface area contributed by atoms with E-state index < -0.39 is 0 Å². The Morgan fingerprint density at radius 3 is 2.68 bits per heavy atom. The van der Waals surface area contributed by atoms with Gasteiger partial charge in [0.2, 0.25) is 0 Å². The van der Waals surface area contributed by atoms with E-state index in [4.69, 9.17) is 0 Å². The van der Waals surface area contributed by atoms with Gasteiger partial charge in [0.15, 0.2) is 0 Å². The number of piperidine rings is 1. The minimum atomic E-state index is -0.351. The van der Waals surface area contributed by atoms with E-state index in [1.165, 1.54) is 5.56 Å². The Bertz CT molecular complexity index is 537. The number of nitrogens with zero attached hydrogens (tertiary/aromatic N) is 1. The lowest BCUT2D eigenvalue weighted by molar-refractivity contribution is 0.139. The molecule has 1 saturated heterocycles. The van der Waals surface area contributed by atoms with Crippen molar-refractivity contribution in [2.75, 3.05) is 19.7 Å². The highest BCUT2D eigenvalue weighted by Crippen LogP contribution is 2.19. The average molecular weight is 348 g/mol. The lowest BCUT2D eigenvalue weighted by atomic mass is 9.93. The number of rotatable bonds is 7. The van der Waals surface area contributed by atoms with Gasteiger partial charge in [0.1, 0.15) is 0 Å². The second-order valence-corrected chi connectivity index (χ2v) is 7.58. The van der Waals surface area contributed by atoms with Gasteiger partial charge in [-0.05, 0) is 37.7 Å². The van der Waals surface area contributed by atoms with E-state index in [9.17, 15) is 9.90 Å². The van der Waals surface area contributed by atoms with Crippen LogP contribution in [0.2, 0.25) is 0 Å². The molecule has 2 rings (SSSR count). The molecule has 2 amide bonds. The largest absolute Gasteiger partial charge is 0.396 e. The van der Waals surface area contributed by atoms with Crippen molar-refractivity contribution >= 4 is 6.03 Å². The SMILES string of the molecule is CCC(C)(CCO)NC(=O)NC1CCN(Cc2ccccc2)CC1C. The number of aliphatic hydroxyl groups is 1. The maximum Gasteiger partial charge on any atom is 0.315 e. The fraction of sp³-hybridized carbons (Fsp3) is 0.650. The zero-order valence-electron chi connectivity index (χ0n) is 15.8. The standard InChI is InChI=1S/C20H33N3O2/c1-4-20(3,11-13-24)22-19(25)21-18-10-12-23(14-16(18)2)15-17-8-6-5-7-9-17/h5-9,16,18,24H,4,10-15H2,1-3H3,(H2,21,22,25). The quantitative estimate of drug-likeness (QED) is 0.711. The van der Waals surface area contributed by atoms with Crippen LogP contribution in [0.1, 0.15) is 45.6 Å². The number of nitrogens with one attached hydrogen (secondary N) is 2. The van der Waals surface area contributed by atoms with Crippen LogP contribution in [-0.2, 0) is 6.54 Å². The third kappa shape index (κ3) is 6.01. The van der Waals surface area contributed by atoms with Gasteiger partial charge in [-0.15, -0.1) is 0 Å². The summed E-state index contributed by atoms with van der Waals surface area (Å²) in [6, 6.07) is 10.6. The third-order valence-electron chi connectivity index (χ3n) is 5.41. The number of hydrogen-bond donors (Lipinski definition) is 3. The molecule has 1 aromatic rings. The van der Waals surface area contributed by atoms with Crippen LogP contribution in [0.5, 0.6) is 0 Å². The molecule has 1 aliphatic heterocycles. The summed E-state index contributed by atoms with van der Waals surface area (Å²) in [5, 5.41) is 15.4. The molecule has 1 heterocycles. The van der Waals surface area contributed by atoms with Crippen molar-refractivity contribution in [1.82, 2.24) is 15.5 Å². The van der Waals surface area contributed by atoms with Crippen LogP contribution >= 0.6 is 0 Å². The van der Waals surface area contributed by atoms with E-state index in [1.807, 2.05) is 19.9 Å². The summed E-state index contributed by atoms with van der Waals surface area (Å²) in [6.45, 7) is 9.24. The molecule has 140 valence electrons. The van der Waals surface area contributed by atoms with Gasteiger partial charge >= 0.3 is 6.03 Å². The van der Waals surface area contributed by atoms with Crippen LogP contribution in [0.4, 0.5) is 4.79 Å². The van der Waals surface area contributed by atoms with Crippen LogP contribution in [0.15, 0.2) is 30.3 Å². The fourth-order valence-electron chi connectivity index (χ4n) is 3.48. The van der Waals surface area contributed by atoms with Crippen molar-refractivity contribution in [1.29, 1.82) is 0 Å². The van der Waals surface area contributed by atoms with E-state index in [-0.39, 0.29) is 24.2 Å². The summed E-state index contributed by atoms with van der Waals surface area (Å²) in [5.74, 6) is 0.411. The second-order valence-electron chi connectivity index (χ2n) is 7.58. The summed E-state index contributed by atoms with van der Waals surface area (Å²) in [4.78, 5) is 14.8. The number of hydrogen-bond acceptors (Lipinski definition) is 3. The Kier molecular flexibility index (Phi) is 7.26. The molecule has 0 aliphatic carbocycles. The van der Waals surface area contributed by atoms with E-state index in [0.29, 0.717) is 12.3 Å². The third-order valence-corrected chi connectivity index (χ3v) is 5.41. The van der Waals surface area contributed by atoms with Crippen molar-refractivity contribution in [2.45, 2.75) is 58.2 Å². The second kappa shape index (κ2) is 9.20. The molecule has 3 unspecified atom stereocenters. The molecule has 1 aromatic carbocycles. The molecule has 5 heteroatoms. The van der Waals surface area contributed by atoms with Crippen molar-refractivity contribution in [3.05, 3.63) is 35.9 Å². The number of likely N-dealkylation sites (tertiary alicyclic amines) is 1. The topological polar surface area (TPSA) is 64.6 Å². The molecule has 0 radical (unpaired) electrons. The zero-order valence-corrected chi connectivity index (χ0v) is 15.8. The van der Waals surface area contributed by atoms with Crippen LogP contribution in [0.3, 0.4) is 0 Å². The van der Waals surface area contributed by atoms with Gasteiger partial charge in [-0.3, -0.25) is 4.90 Å². The minimum absolute atomic E-state index is 0.0822. The van der Waals surface area contributed by atoms with Gasteiger partial charge in [0, 0.05) is 37.8 Å². The first-order chi connectivity index (χ1) is 12.0. The van der Waals surface area contributed by atoms with Gasteiger partial charge < -0.3 is 15.7 Å². The van der Waals surface area contributed by atoms with Gasteiger partial charge in [-0.1, -0.05) is 44.2 Å². The Labute approximate surface area is 151 Å². The van der Waals surface area contributed by atoms with E-state index >= 15 is 0 Å². The van der Waals surface area contributed by atoms with Crippen molar-refractivity contribution < 1.29 is 9.90 Å². The molecule has 5 nitrogen and oxygen atoms in total. The van der Waals surface area contributed by atoms with Crippen LogP contribution in [0, 0.1) is 5.92 Å². The first-order valence-corrected chi connectivity index (χ1v) is 9.41. The monoisotopic (exact) mass is 347 g/mol. The summed E-state index contributed by atoms with van der Waals surface area (Å²) in [6.07, 6.45) is 2.33. The first kappa shape index (κ1) is 19.7. The summed E-state index contributed by atoms with van der Waals surface area (Å²) >= 11 is 0. The van der Waals surface area contributed by atoms with Gasteiger partial charge in [0.25, 0.3) is 0 Å². The van der Waals surface area contributed by atoms with E-state index in [0.717, 1.165) is 32.5 Å². The Morgan fingerprint density at radius 2 is 2.08 bits per heavy atom. The van der Waals surface area contributed by atoms with Crippen molar-refractivity contribution in [3.8, 4) is 0 Å². The Morgan fingerprint density at radius 1 is 1.36 bits per heavy atom. The molecule has 1 aliphatic rings. The summed E-state index contributed by atoms with van der Waals surface area (Å²) < 4.78 is 0. The molecule has 1 fully saturated rings. The van der Waals surface area contributed by atoms with Gasteiger partial charge in [-0.2, -0.15) is 0 Å². The number of carbonyl (C=O) groups is 1.